The molecular weight excluding hydrogens is 705 g/mol. The van der Waals surface area contributed by atoms with Gasteiger partial charge in [0.05, 0.1) is 0 Å². The largest absolute Gasteiger partial charge is 0.405 e. The fourth-order valence-corrected chi connectivity index (χ4v) is 6.89. The number of para-hydroxylation sites is 2. The van der Waals surface area contributed by atoms with Crippen molar-refractivity contribution in [2.75, 3.05) is 12.3 Å². The molecule has 0 aliphatic heterocycles. The lowest BCUT2D eigenvalue weighted by atomic mass is 9.92. The van der Waals surface area contributed by atoms with Gasteiger partial charge >= 0.3 is 0 Å². The van der Waals surface area contributed by atoms with Crippen molar-refractivity contribution in [1.82, 2.24) is 4.57 Å². The quantitative estimate of drug-likeness (QED) is 0.0907. The summed E-state index contributed by atoms with van der Waals surface area (Å²) in [7, 11) is 2.13. The summed E-state index contributed by atoms with van der Waals surface area (Å²) in [6.07, 6.45) is 18.0. The number of fused-ring (bicyclic) bond motifs is 4. The van der Waals surface area contributed by atoms with Crippen LogP contribution in [-0.2, 0) is 7.05 Å². The number of unbranched alkanes of at least 4 members (excludes halogenated alkanes) is 1. The Kier molecular flexibility index (Phi) is 15.6. The van der Waals surface area contributed by atoms with Crippen LogP contribution in [0.15, 0.2) is 213 Å². The normalized spacial score (nSPS) is 12.1. The molecule has 0 fully saturated rings. The number of hydrogen-bond donors (Lipinski definition) is 3. The van der Waals surface area contributed by atoms with Gasteiger partial charge in [-0.15, -0.1) is 0 Å². The molecule has 1 heterocycles. The molecule has 4 nitrogen and oxygen atoms in total. The molecule has 0 saturated heterocycles. The molecular formula is C54H56N4. The van der Waals surface area contributed by atoms with Crippen LogP contribution in [0.3, 0.4) is 0 Å². The van der Waals surface area contributed by atoms with Crippen LogP contribution in [0.1, 0.15) is 37.8 Å². The zero-order valence-corrected chi connectivity index (χ0v) is 34.1. The molecule has 0 spiro atoms. The smallest absolute Gasteiger partial charge is 0.0489 e. The number of nitrogens with zero attached hydrogens (tertiary/aromatic N) is 1. The standard InChI is InChI=1S/C27H29N.C21H20N2.C6H7N/c1-6-8-9-13-20(3)21(4)18-22(12-7-2)23-16-17-27-25(19-23)24-14-10-11-15-26(24)28(27)5;22-14-6-9-17(15-23)19-13-12-18(16-7-2-1-3-8-16)20-10-4-5-11-21(19)20;7-6-4-2-1-3-5-6/h7,9-19H,2-3,6,8H2,1,4-5H3;1-14H,15,22-23H2;1-5H,7H2/b13-9-,21-18+,22-12+;14-6-,17-9+;. The Morgan fingerprint density at radius 2 is 1.36 bits per heavy atom. The van der Waals surface area contributed by atoms with E-state index in [0.29, 0.717) is 6.54 Å². The highest BCUT2D eigenvalue weighted by atomic mass is 14.9. The Balaban J connectivity index is 0.000000191. The lowest BCUT2D eigenvalue weighted by Crippen LogP contribution is -2.03. The van der Waals surface area contributed by atoms with E-state index in [9.17, 15) is 0 Å². The van der Waals surface area contributed by atoms with Gasteiger partial charge in [0.1, 0.15) is 0 Å². The Labute approximate surface area is 345 Å². The Morgan fingerprint density at radius 3 is 2.00 bits per heavy atom. The summed E-state index contributed by atoms with van der Waals surface area (Å²) in [5.41, 5.74) is 29.3. The average molecular weight is 761 g/mol. The minimum Gasteiger partial charge on any atom is -0.405 e. The second-order valence-electron chi connectivity index (χ2n) is 14.0. The van der Waals surface area contributed by atoms with E-state index in [-0.39, 0.29) is 0 Å². The van der Waals surface area contributed by atoms with Gasteiger partial charge in [0.2, 0.25) is 0 Å². The van der Waals surface area contributed by atoms with Gasteiger partial charge in [-0.3, -0.25) is 0 Å². The summed E-state index contributed by atoms with van der Waals surface area (Å²) in [6, 6.07) is 47.9. The summed E-state index contributed by atoms with van der Waals surface area (Å²) < 4.78 is 2.26. The minimum atomic E-state index is 0.471. The third-order valence-corrected chi connectivity index (χ3v) is 9.98. The molecule has 7 rings (SSSR count). The Bertz CT molecular complexity index is 2620. The molecule has 0 saturated carbocycles. The van der Waals surface area contributed by atoms with Crippen LogP contribution in [0.5, 0.6) is 0 Å². The van der Waals surface area contributed by atoms with Gasteiger partial charge in [-0.25, -0.2) is 0 Å². The van der Waals surface area contributed by atoms with Crippen molar-refractivity contribution in [2.45, 2.75) is 26.7 Å². The Hall–Kier alpha value is -6.88. The molecule has 0 amide bonds. The van der Waals surface area contributed by atoms with Gasteiger partial charge in [0.25, 0.3) is 0 Å². The predicted octanol–water partition coefficient (Wildman–Crippen LogP) is 13.3. The molecule has 1 aromatic heterocycles. The van der Waals surface area contributed by atoms with Crippen LogP contribution < -0.4 is 17.2 Å². The van der Waals surface area contributed by atoms with Crippen molar-refractivity contribution >= 4 is 49.4 Å². The Morgan fingerprint density at radius 1 is 0.724 bits per heavy atom. The van der Waals surface area contributed by atoms with Crippen molar-refractivity contribution < 1.29 is 0 Å². The van der Waals surface area contributed by atoms with Crippen molar-refractivity contribution in [3.8, 4) is 11.1 Å². The van der Waals surface area contributed by atoms with Gasteiger partial charge in [0.15, 0.2) is 0 Å². The maximum atomic E-state index is 5.94. The molecule has 58 heavy (non-hydrogen) atoms. The first-order chi connectivity index (χ1) is 28.3. The zero-order chi connectivity index (χ0) is 41.3. The summed E-state index contributed by atoms with van der Waals surface area (Å²) in [5, 5.41) is 4.99. The van der Waals surface area contributed by atoms with E-state index in [2.05, 4.69) is 166 Å². The number of rotatable bonds is 11. The third kappa shape index (κ3) is 10.7. The first kappa shape index (κ1) is 42.3. The van der Waals surface area contributed by atoms with Gasteiger partial charge in [-0.1, -0.05) is 172 Å². The van der Waals surface area contributed by atoms with E-state index in [4.69, 9.17) is 17.2 Å². The lowest BCUT2D eigenvalue weighted by Gasteiger charge is -2.13. The molecule has 0 bridgehead atoms. The number of anilines is 1. The first-order valence-electron chi connectivity index (χ1n) is 19.8. The molecule has 4 heteroatoms. The van der Waals surface area contributed by atoms with E-state index < -0.39 is 0 Å². The number of nitrogens with two attached hydrogens (primary N) is 3. The molecule has 0 atom stereocenters. The van der Waals surface area contributed by atoms with Crippen molar-refractivity contribution in [3.05, 3.63) is 224 Å². The summed E-state index contributed by atoms with van der Waals surface area (Å²) in [4.78, 5) is 0. The molecule has 6 aromatic carbocycles. The molecule has 6 N–H and O–H groups in total. The van der Waals surface area contributed by atoms with Crippen LogP contribution >= 0.6 is 0 Å². The zero-order valence-electron chi connectivity index (χ0n) is 34.1. The highest BCUT2D eigenvalue weighted by Gasteiger charge is 2.11. The molecule has 0 unspecified atom stereocenters. The summed E-state index contributed by atoms with van der Waals surface area (Å²) >= 11 is 0. The van der Waals surface area contributed by atoms with E-state index in [1.165, 1.54) is 61.0 Å². The van der Waals surface area contributed by atoms with Gasteiger partial charge in [0, 0.05) is 41.1 Å². The topological polar surface area (TPSA) is 83.0 Å². The summed E-state index contributed by atoms with van der Waals surface area (Å²) in [6.45, 7) is 12.9. The number of aromatic nitrogens is 1. The minimum absolute atomic E-state index is 0.471. The van der Waals surface area contributed by atoms with Crippen molar-refractivity contribution in [1.29, 1.82) is 0 Å². The molecule has 292 valence electrons. The highest BCUT2D eigenvalue weighted by Crippen LogP contribution is 2.34. The SMILES string of the molecule is C=C/C=C(\C=C(/C)C(=C)/C=C\CCC)c1ccc2c(c1)c1ccccc1n2C.N/C=C\C=C(/CN)c1ccc(-c2ccccc2)c2ccccc12.Nc1ccccc1. The van der Waals surface area contributed by atoms with Crippen LogP contribution in [0.25, 0.3) is 54.9 Å². The van der Waals surface area contributed by atoms with Crippen LogP contribution in [0.4, 0.5) is 5.69 Å². The van der Waals surface area contributed by atoms with Crippen molar-refractivity contribution in [2.24, 2.45) is 18.5 Å². The van der Waals surface area contributed by atoms with Crippen LogP contribution in [0, 0.1) is 0 Å². The predicted molar refractivity (Wildman–Crippen MR) is 256 cm³/mol. The van der Waals surface area contributed by atoms with Crippen molar-refractivity contribution in [3.63, 3.8) is 0 Å². The van der Waals surface area contributed by atoms with Gasteiger partial charge < -0.3 is 21.8 Å². The van der Waals surface area contributed by atoms with Crippen LogP contribution in [0.2, 0.25) is 0 Å². The fraction of sp³-hybridized carbons (Fsp3) is 0.111. The van der Waals surface area contributed by atoms with E-state index in [1.807, 2.05) is 54.6 Å². The number of benzene rings is 6. The first-order valence-corrected chi connectivity index (χ1v) is 19.8. The van der Waals surface area contributed by atoms with Crippen LogP contribution in [-0.4, -0.2) is 11.1 Å². The van der Waals surface area contributed by atoms with E-state index in [1.54, 1.807) is 0 Å². The van der Waals surface area contributed by atoms with Gasteiger partial charge in [-0.05, 0) is 111 Å². The number of aryl methyl sites for hydroxylation is 1. The lowest BCUT2D eigenvalue weighted by molar-refractivity contribution is 0.958. The maximum Gasteiger partial charge on any atom is 0.0489 e. The molecule has 0 aliphatic rings. The number of hydrogen-bond acceptors (Lipinski definition) is 3. The number of allylic oxidation sites excluding steroid dienone is 10. The summed E-state index contributed by atoms with van der Waals surface area (Å²) in [5.74, 6) is 0. The molecule has 7 aromatic rings. The highest BCUT2D eigenvalue weighted by molar-refractivity contribution is 6.09. The third-order valence-electron chi connectivity index (χ3n) is 9.98. The second-order valence-corrected chi connectivity index (χ2v) is 14.0. The molecule has 0 aliphatic carbocycles. The van der Waals surface area contributed by atoms with Gasteiger partial charge in [-0.2, -0.15) is 0 Å². The second kappa shape index (κ2) is 21.4. The van der Waals surface area contributed by atoms with E-state index in [0.717, 1.165) is 40.8 Å². The average Bonchev–Trinajstić information content (AvgIpc) is 3.55. The van der Waals surface area contributed by atoms with E-state index >= 15 is 0 Å². The monoisotopic (exact) mass is 760 g/mol. The number of nitrogen functional groups attached to an aromatic ring is 1. The fourth-order valence-electron chi connectivity index (χ4n) is 6.89. The maximum absolute atomic E-state index is 5.94. The molecule has 0 radical (unpaired) electrons.